The number of nitrogens with zero attached hydrogens (tertiary/aromatic N) is 3. The average molecular weight is 435 g/mol. The fourth-order valence-electron chi connectivity index (χ4n) is 3.84. The van der Waals surface area contributed by atoms with Crippen molar-refractivity contribution in [3.05, 3.63) is 71.6 Å². The number of nitrogens with one attached hydrogen (secondary N) is 1. The SMILES string of the molecule is O=C(CCCc1nnc(-c2ccccc2)o1)NCc1ccc(CN2CCC(O)CC2)cc1. The van der Waals surface area contributed by atoms with Crippen molar-refractivity contribution in [2.75, 3.05) is 13.1 Å². The second kappa shape index (κ2) is 11.0. The van der Waals surface area contributed by atoms with Crippen molar-refractivity contribution in [1.82, 2.24) is 20.4 Å². The number of likely N-dealkylation sites (tertiary alicyclic amines) is 1. The van der Waals surface area contributed by atoms with Gasteiger partial charge in [0.1, 0.15) is 0 Å². The van der Waals surface area contributed by atoms with E-state index in [0.717, 1.165) is 43.6 Å². The summed E-state index contributed by atoms with van der Waals surface area (Å²) in [4.78, 5) is 14.6. The fraction of sp³-hybridized carbons (Fsp3) is 0.400. The van der Waals surface area contributed by atoms with E-state index in [9.17, 15) is 9.90 Å². The number of hydrogen-bond acceptors (Lipinski definition) is 6. The Bertz CT molecular complexity index is 980. The summed E-state index contributed by atoms with van der Waals surface area (Å²) >= 11 is 0. The highest BCUT2D eigenvalue weighted by molar-refractivity contribution is 5.75. The highest BCUT2D eigenvalue weighted by atomic mass is 16.4. The summed E-state index contributed by atoms with van der Waals surface area (Å²) in [6, 6.07) is 18.0. The minimum atomic E-state index is -0.143. The Morgan fingerprint density at radius 1 is 1.03 bits per heavy atom. The molecule has 0 radical (unpaired) electrons. The number of aliphatic hydroxyl groups is 1. The molecule has 2 aromatic carbocycles. The third kappa shape index (κ3) is 6.48. The zero-order valence-electron chi connectivity index (χ0n) is 18.2. The van der Waals surface area contributed by atoms with E-state index in [1.807, 2.05) is 30.3 Å². The lowest BCUT2D eigenvalue weighted by Gasteiger charge is -2.29. The number of benzene rings is 2. The number of carbonyl (C=O) groups excluding carboxylic acids is 1. The lowest BCUT2D eigenvalue weighted by atomic mass is 10.1. The summed E-state index contributed by atoms with van der Waals surface area (Å²) in [5, 5.41) is 20.7. The Morgan fingerprint density at radius 2 is 1.75 bits per heavy atom. The van der Waals surface area contributed by atoms with E-state index in [1.165, 1.54) is 5.56 Å². The molecule has 1 fully saturated rings. The molecule has 4 rings (SSSR count). The number of hydrogen-bond donors (Lipinski definition) is 2. The summed E-state index contributed by atoms with van der Waals surface area (Å²) in [6.07, 6.45) is 3.22. The minimum absolute atomic E-state index is 0.0174. The molecule has 1 aliphatic rings. The highest BCUT2D eigenvalue weighted by Crippen LogP contribution is 2.18. The zero-order valence-corrected chi connectivity index (χ0v) is 18.2. The third-order valence-corrected chi connectivity index (χ3v) is 5.76. The Hall–Kier alpha value is -3.03. The topological polar surface area (TPSA) is 91.5 Å². The van der Waals surface area contributed by atoms with Crippen molar-refractivity contribution in [1.29, 1.82) is 0 Å². The van der Waals surface area contributed by atoms with Crippen molar-refractivity contribution in [3.8, 4) is 11.5 Å². The first-order valence-corrected chi connectivity index (χ1v) is 11.3. The molecule has 3 aromatic rings. The second-order valence-corrected chi connectivity index (χ2v) is 8.32. The van der Waals surface area contributed by atoms with Crippen LogP contribution in [0.1, 0.15) is 42.7 Å². The van der Waals surface area contributed by atoms with Crippen LogP contribution in [-0.2, 0) is 24.3 Å². The number of aromatic nitrogens is 2. The van der Waals surface area contributed by atoms with Gasteiger partial charge in [-0.25, -0.2) is 0 Å². The van der Waals surface area contributed by atoms with E-state index >= 15 is 0 Å². The number of aliphatic hydroxyl groups excluding tert-OH is 1. The first-order chi connectivity index (χ1) is 15.7. The lowest BCUT2D eigenvalue weighted by molar-refractivity contribution is -0.121. The van der Waals surface area contributed by atoms with Gasteiger partial charge in [-0.2, -0.15) is 0 Å². The molecule has 0 saturated carbocycles. The van der Waals surface area contributed by atoms with Crippen LogP contribution in [0.15, 0.2) is 59.0 Å². The molecule has 0 bridgehead atoms. The van der Waals surface area contributed by atoms with Crippen LogP contribution in [0.25, 0.3) is 11.5 Å². The number of carbonyl (C=O) groups is 1. The Balaban J connectivity index is 1.15. The monoisotopic (exact) mass is 434 g/mol. The van der Waals surface area contributed by atoms with Crippen molar-refractivity contribution < 1.29 is 14.3 Å². The van der Waals surface area contributed by atoms with E-state index in [4.69, 9.17) is 4.42 Å². The maximum Gasteiger partial charge on any atom is 0.247 e. The van der Waals surface area contributed by atoms with Crippen LogP contribution in [0, 0.1) is 0 Å². The molecule has 2 N–H and O–H groups in total. The van der Waals surface area contributed by atoms with Gasteiger partial charge in [0.25, 0.3) is 0 Å². The third-order valence-electron chi connectivity index (χ3n) is 5.76. The largest absolute Gasteiger partial charge is 0.421 e. The van der Waals surface area contributed by atoms with E-state index in [-0.39, 0.29) is 12.0 Å². The first-order valence-electron chi connectivity index (χ1n) is 11.3. The molecule has 32 heavy (non-hydrogen) atoms. The molecule has 1 aliphatic heterocycles. The smallest absolute Gasteiger partial charge is 0.247 e. The number of rotatable bonds is 9. The number of amides is 1. The van der Waals surface area contributed by atoms with Gasteiger partial charge in [0, 0.05) is 44.6 Å². The predicted molar refractivity (Wildman–Crippen MR) is 121 cm³/mol. The summed E-state index contributed by atoms with van der Waals surface area (Å²) in [6.45, 7) is 3.31. The standard InChI is InChI=1S/C25H30N4O3/c30-22-13-15-29(16-14-22)18-20-11-9-19(10-12-20)17-26-23(31)7-4-8-24-27-28-25(32-24)21-5-2-1-3-6-21/h1-3,5-6,9-12,22,30H,4,7-8,13-18H2,(H,26,31). The van der Waals surface area contributed by atoms with Crippen LogP contribution in [-0.4, -0.2) is 45.3 Å². The fourth-order valence-corrected chi connectivity index (χ4v) is 3.84. The Morgan fingerprint density at radius 3 is 2.50 bits per heavy atom. The Kier molecular flexibility index (Phi) is 7.64. The van der Waals surface area contributed by atoms with Crippen molar-refractivity contribution in [3.63, 3.8) is 0 Å². The van der Waals surface area contributed by atoms with Crippen LogP contribution < -0.4 is 5.32 Å². The molecule has 7 nitrogen and oxygen atoms in total. The van der Waals surface area contributed by atoms with Crippen LogP contribution in [0.5, 0.6) is 0 Å². The van der Waals surface area contributed by atoms with Crippen molar-refractivity contribution in [2.45, 2.75) is 51.3 Å². The van der Waals surface area contributed by atoms with E-state index < -0.39 is 0 Å². The molecular formula is C25H30N4O3. The van der Waals surface area contributed by atoms with Crippen molar-refractivity contribution >= 4 is 5.91 Å². The van der Waals surface area contributed by atoms with E-state index in [2.05, 4.69) is 44.7 Å². The van der Waals surface area contributed by atoms with Crippen LogP contribution >= 0.6 is 0 Å². The quantitative estimate of drug-likeness (QED) is 0.537. The molecule has 168 valence electrons. The van der Waals surface area contributed by atoms with Gasteiger partial charge < -0.3 is 14.8 Å². The molecular weight excluding hydrogens is 404 g/mol. The van der Waals surface area contributed by atoms with Gasteiger partial charge in [-0.05, 0) is 42.5 Å². The summed E-state index contributed by atoms with van der Waals surface area (Å²) in [7, 11) is 0. The van der Waals surface area contributed by atoms with E-state index in [0.29, 0.717) is 37.6 Å². The molecule has 0 aliphatic carbocycles. The predicted octanol–water partition coefficient (Wildman–Crippen LogP) is 3.33. The maximum atomic E-state index is 12.2. The first kappa shape index (κ1) is 22.2. The van der Waals surface area contributed by atoms with Gasteiger partial charge in [-0.3, -0.25) is 9.69 Å². The molecule has 1 amide bonds. The average Bonchev–Trinajstić information content (AvgIpc) is 3.30. The van der Waals surface area contributed by atoms with Crippen LogP contribution in [0.2, 0.25) is 0 Å². The minimum Gasteiger partial charge on any atom is -0.421 e. The molecule has 7 heteroatoms. The van der Waals surface area contributed by atoms with Gasteiger partial charge in [-0.15, -0.1) is 10.2 Å². The van der Waals surface area contributed by atoms with Gasteiger partial charge >= 0.3 is 0 Å². The summed E-state index contributed by atoms with van der Waals surface area (Å²) in [5.74, 6) is 1.07. The van der Waals surface area contributed by atoms with Crippen molar-refractivity contribution in [2.24, 2.45) is 0 Å². The van der Waals surface area contributed by atoms with Crippen LogP contribution in [0.4, 0.5) is 0 Å². The number of aryl methyl sites for hydroxylation is 1. The summed E-state index contributed by atoms with van der Waals surface area (Å²) in [5.41, 5.74) is 3.23. The molecule has 1 saturated heterocycles. The van der Waals surface area contributed by atoms with Gasteiger partial charge in [-0.1, -0.05) is 42.5 Å². The molecule has 0 atom stereocenters. The van der Waals surface area contributed by atoms with Crippen LogP contribution in [0.3, 0.4) is 0 Å². The highest BCUT2D eigenvalue weighted by Gasteiger charge is 2.16. The lowest BCUT2D eigenvalue weighted by Crippen LogP contribution is -2.35. The van der Waals surface area contributed by atoms with Gasteiger partial charge in [0.05, 0.1) is 6.10 Å². The maximum absolute atomic E-state index is 12.2. The molecule has 1 aromatic heterocycles. The second-order valence-electron chi connectivity index (χ2n) is 8.32. The Labute approximate surface area is 188 Å². The summed E-state index contributed by atoms with van der Waals surface area (Å²) < 4.78 is 5.68. The van der Waals surface area contributed by atoms with E-state index in [1.54, 1.807) is 0 Å². The number of piperidine rings is 1. The molecule has 0 unspecified atom stereocenters. The molecule has 2 heterocycles. The van der Waals surface area contributed by atoms with Gasteiger partial charge in [0.2, 0.25) is 17.7 Å². The normalized spacial score (nSPS) is 15.0. The molecule has 0 spiro atoms. The van der Waals surface area contributed by atoms with Gasteiger partial charge in [0.15, 0.2) is 0 Å². The zero-order chi connectivity index (χ0) is 22.2.